The lowest BCUT2D eigenvalue weighted by atomic mass is 10.4. The van der Waals surface area contributed by atoms with Crippen molar-refractivity contribution >= 4 is 27.3 Å². The van der Waals surface area contributed by atoms with Gasteiger partial charge in [0.15, 0.2) is 0 Å². The number of hydrogen-bond donors (Lipinski definition) is 1. The van der Waals surface area contributed by atoms with Crippen molar-refractivity contribution < 1.29 is 0 Å². The third-order valence-electron chi connectivity index (χ3n) is 1.57. The van der Waals surface area contributed by atoms with Gasteiger partial charge in [-0.3, -0.25) is 0 Å². The van der Waals surface area contributed by atoms with Gasteiger partial charge in [0.05, 0.1) is 3.79 Å². The fourth-order valence-corrected chi connectivity index (χ4v) is 2.57. The Kier molecular flexibility index (Phi) is 4.21. The maximum atomic E-state index is 5.44. The molecule has 1 aromatic rings. The zero-order valence-electron chi connectivity index (χ0n) is 7.09. The van der Waals surface area contributed by atoms with Gasteiger partial charge >= 0.3 is 0 Å². The molecular weight excluding hydrogens is 236 g/mol. The molecule has 1 heterocycles. The molecule has 2 N–H and O–H groups in total. The van der Waals surface area contributed by atoms with Gasteiger partial charge in [-0.05, 0) is 35.1 Å². The average molecular weight is 249 g/mol. The van der Waals surface area contributed by atoms with Crippen LogP contribution in [0.4, 0.5) is 0 Å². The standard InChI is InChI=1S/C8H13BrN2S/c1-11(5-4-10)6-7-2-3-8(9)12-7/h2-3H,4-6,10H2,1H3. The van der Waals surface area contributed by atoms with Gasteiger partial charge in [-0.15, -0.1) is 11.3 Å². The van der Waals surface area contributed by atoms with Gasteiger partial charge in [0, 0.05) is 24.5 Å². The van der Waals surface area contributed by atoms with Crippen LogP contribution in [0.5, 0.6) is 0 Å². The van der Waals surface area contributed by atoms with Crippen molar-refractivity contribution in [2.45, 2.75) is 6.54 Å². The van der Waals surface area contributed by atoms with E-state index in [1.54, 1.807) is 11.3 Å². The molecule has 0 unspecified atom stereocenters. The fraction of sp³-hybridized carbons (Fsp3) is 0.500. The monoisotopic (exact) mass is 248 g/mol. The second-order valence-electron chi connectivity index (χ2n) is 2.73. The van der Waals surface area contributed by atoms with Crippen LogP contribution in [-0.4, -0.2) is 25.0 Å². The summed E-state index contributed by atoms with van der Waals surface area (Å²) >= 11 is 5.21. The van der Waals surface area contributed by atoms with E-state index in [4.69, 9.17) is 5.73 Å². The largest absolute Gasteiger partial charge is 0.329 e. The van der Waals surface area contributed by atoms with Crippen LogP contribution in [0.2, 0.25) is 0 Å². The maximum absolute atomic E-state index is 5.44. The summed E-state index contributed by atoms with van der Waals surface area (Å²) in [5.41, 5.74) is 5.44. The van der Waals surface area contributed by atoms with Crippen molar-refractivity contribution in [3.05, 3.63) is 20.8 Å². The molecule has 0 radical (unpaired) electrons. The highest BCUT2D eigenvalue weighted by atomic mass is 79.9. The van der Waals surface area contributed by atoms with Gasteiger partial charge in [0.2, 0.25) is 0 Å². The van der Waals surface area contributed by atoms with Crippen molar-refractivity contribution in [2.75, 3.05) is 20.1 Å². The SMILES string of the molecule is CN(CCN)Cc1ccc(Br)s1. The molecule has 2 nitrogen and oxygen atoms in total. The molecule has 0 saturated carbocycles. The predicted molar refractivity (Wildman–Crippen MR) is 57.4 cm³/mol. The van der Waals surface area contributed by atoms with Gasteiger partial charge < -0.3 is 10.6 Å². The first-order valence-corrected chi connectivity index (χ1v) is 5.46. The highest BCUT2D eigenvalue weighted by molar-refractivity contribution is 9.11. The Morgan fingerprint density at radius 1 is 1.58 bits per heavy atom. The molecule has 0 aliphatic carbocycles. The van der Waals surface area contributed by atoms with Crippen LogP contribution in [-0.2, 0) is 6.54 Å². The smallest absolute Gasteiger partial charge is 0.0701 e. The van der Waals surface area contributed by atoms with E-state index in [0.717, 1.165) is 19.6 Å². The molecule has 0 spiro atoms. The minimum absolute atomic E-state index is 0.725. The van der Waals surface area contributed by atoms with Gasteiger partial charge in [-0.1, -0.05) is 0 Å². The summed E-state index contributed by atoms with van der Waals surface area (Å²) in [6.45, 7) is 2.67. The van der Waals surface area contributed by atoms with Crippen LogP contribution in [0.25, 0.3) is 0 Å². The third-order valence-corrected chi connectivity index (χ3v) is 3.17. The van der Waals surface area contributed by atoms with Crippen molar-refractivity contribution in [3.63, 3.8) is 0 Å². The predicted octanol–water partition coefficient (Wildman–Crippen LogP) is 1.90. The van der Waals surface area contributed by atoms with Crippen LogP contribution >= 0.6 is 27.3 Å². The van der Waals surface area contributed by atoms with Gasteiger partial charge in [0.1, 0.15) is 0 Å². The van der Waals surface area contributed by atoms with Crippen LogP contribution in [0.1, 0.15) is 4.88 Å². The molecule has 0 fully saturated rings. The quantitative estimate of drug-likeness (QED) is 0.883. The molecule has 1 rings (SSSR count). The van der Waals surface area contributed by atoms with Gasteiger partial charge in [-0.2, -0.15) is 0 Å². The van der Waals surface area contributed by atoms with Crippen molar-refractivity contribution in [2.24, 2.45) is 5.73 Å². The highest BCUT2D eigenvalue weighted by Gasteiger charge is 2.01. The molecule has 0 saturated heterocycles. The van der Waals surface area contributed by atoms with E-state index < -0.39 is 0 Å². The Morgan fingerprint density at radius 3 is 2.83 bits per heavy atom. The summed E-state index contributed by atoms with van der Waals surface area (Å²) in [5.74, 6) is 0. The minimum atomic E-state index is 0.725. The Labute approximate surface area is 85.5 Å². The Hall–Kier alpha value is 0.1000. The summed E-state index contributed by atoms with van der Waals surface area (Å²) in [5, 5.41) is 0. The Bertz CT molecular complexity index is 237. The summed E-state index contributed by atoms with van der Waals surface area (Å²) in [6.07, 6.45) is 0. The summed E-state index contributed by atoms with van der Waals surface area (Å²) in [6, 6.07) is 4.22. The molecule has 0 amide bonds. The van der Waals surface area contributed by atoms with Crippen molar-refractivity contribution in [1.82, 2.24) is 4.90 Å². The maximum Gasteiger partial charge on any atom is 0.0701 e. The van der Waals surface area contributed by atoms with Crippen molar-refractivity contribution in [3.8, 4) is 0 Å². The van der Waals surface area contributed by atoms with Crippen LogP contribution in [0.15, 0.2) is 15.9 Å². The first-order chi connectivity index (χ1) is 5.72. The van der Waals surface area contributed by atoms with E-state index in [9.17, 15) is 0 Å². The summed E-state index contributed by atoms with van der Waals surface area (Å²) in [4.78, 5) is 3.59. The van der Waals surface area contributed by atoms with Crippen LogP contribution in [0, 0.1) is 0 Å². The van der Waals surface area contributed by atoms with Gasteiger partial charge in [0.25, 0.3) is 0 Å². The topological polar surface area (TPSA) is 29.3 Å². The molecule has 0 bridgehead atoms. The van der Waals surface area contributed by atoms with Crippen molar-refractivity contribution in [1.29, 1.82) is 0 Å². The zero-order chi connectivity index (χ0) is 8.97. The Morgan fingerprint density at radius 2 is 2.33 bits per heavy atom. The van der Waals surface area contributed by atoms with E-state index in [0.29, 0.717) is 0 Å². The summed E-state index contributed by atoms with van der Waals surface area (Å²) < 4.78 is 1.19. The number of nitrogens with two attached hydrogens (primary N) is 1. The average Bonchev–Trinajstić information content (AvgIpc) is 2.36. The lowest BCUT2D eigenvalue weighted by molar-refractivity contribution is 0.339. The molecule has 0 aliphatic heterocycles. The molecule has 0 atom stereocenters. The first-order valence-electron chi connectivity index (χ1n) is 3.85. The second-order valence-corrected chi connectivity index (χ2v) is 5.28. The molecule has 12 heavy (non-hydrogen) atoms. The molecular formula is C8H13BrN2S. The molecule has 0 aromatic carbocycles. The lowest BCUT2D eigenvalue weighted by Crippen LogP contribution is -2.24. The van der Waals surface area contributed by atoms with E-state index in [1.807, 2.05) is 0 Å². The molecule has 68 valence electrons. The summed E-state index contributed by atoms with van der Waals surface area (Å²) in [7, 11) is 2.08. The Balaban J connectivity index is 2.41. The number of halogens is 1. The number of rotatable bonds is 4. The second kappa shape index (κ2) is 4.97. The third kappa shape index (κ3) is 3.23. The van der Waals surface area contributed by atoms with E-state index in [2.05, 4.69) is 40.0 Å². The molecule has 4 heteroatoms. The number of nitrogens with zero attached hydrogens (tertiary/aromatic N) is 1. The van der Waals surface area contributed by atoms with E-state index in [-0.39, 0.29) is 0 Å². The van der Waals surface area contributed by atoms with E-state index >= 15 is 0 Å². The van der Waals surface area contributed by atoms with E-state index in [1.165, 1.54) is 8.66 Å². The number of thiophene rings is 1. The highest BCUT2D eigenvalue weighted by Crippen LogP contribution is 2.22. The van der Waals surface area contributed by atoms with Crippen LogP contribution < -0.4 is 5.73 Å². The molecule has 0 aliphatic rings. The lowest BCUT2D eigenvalue weighted by Gasteiger charge is -2.13. The molecule has 1 aromatic heterocycles. The normalized spacial score (nSPS) is 11.0. The van der Waals surface area contributed by atoms with Gasteiger partial charge in [-0.25, -0.2) is 0 Å². The fourth-order valence-electron chi connectivity index (χ4n) is 1.00. The van der Waals surface area contributed by atoms with Crippen LogP contribution in [0.3, 0.4) is 0 Å². The number of likely N-dealkylation sites (N-methyl/N-ethyl adjacent to an activating group) is 1. The zero-order valence-corrected chi connectivity index (χ0v) is 9.49. The first kappa shape index (κ1) is 10.2. The number of hydrogen-bond acceptors (Lipinski definition) is 3. The minimum Gasteiger partial charge on any atom is -0.329 e.